The molecule has 1 atom stereocenters. The minimum absolute atomic E-state index is 0.160. The first-order chi connectivity index (χ1) is 7.74. The summed E-state index contributed by atoms with van der Waals surface area (Å²) in [5.41, 5.74) is -0.464. The molecule has 0 spiro atoms. The normalized spacial score (nSPS) is 13.6. The van der Waals surface area contributed by atoms with E-state index in [1.807, 2.05) is 20.8 Å². The molecule has 0 rings (SSSR count). The van der Waals surface area contributed by atoms with Crippen molar-refractivity contribution in [3.05, 3.63) is 0 Å². The van der Waals surface area contributed by atoms with Gasteiger partial charge in [-0.2, -0.15) is 0 Å². The summed E-state index contributed by atoms with van der Waals surface area (Å²) in [6, 6.07) is 0. The van der Waals surface area contributed by atoms with Crippen molar-refractivity contribution in [3.8, 4) is 0 Å². The summed E-state index contributed by atoms with van der Waals surface area (Å²) in [5, 5.41) is 11.7. The van der Waals surface area contributed by atoms with Crippen molar-refractivity contribution in [2.75, 3.05) is 13.2 Å². The van der Waals surface area contributed by atoms with Gasteiger partial charge in [-0.05, 0) is 45.4 Å². The maximum Gasteiger partial charge on any atom is 0.407 e. The number of nitrogens with one attached hydrogen (secondary N) is 1. The van der Waals surface area contributed by atoms with Crippen molar-refractivity contribution < 1.29 is 14.6 Å². The third-order valence-corrected chi connectivity index (χ3v) is 2.28. The molecule has 0 aliphatic heterocycles. The fourth-order valence-corrected chi connectivity index (χ4v) is 1.69. The molecule has 0 aromatic carbocycles. The molecule has 102 valence electrons. The molecule has 0 bridgehead atoms. The highest BCUT2D eigenvalue weighted by Gasteiger charge is 2.17. The second-order valence-electron chi connectivity index (χ2n) is 5.89. The first-order valence-electron chi connectivity index (χ1n) is 6.32. The average Bonchev–Trinajstić information content (AvgIpc) is 2.11. The van der Waals surface area contributed by atoms with Gasteiger partial charge < -0.3 is 15.2 Å². The third-order valence-electron chi connectivity index (χ3n) is 2.28. The fourth-order valence-electron chi connectivity index (χ4n) is 1.69. The van der Waals surface area contributed by atoms with E-state index < -0.39 is 5.60 Å². The van der Waals surface area contributed by atoms with Crippen LogP contribution in [0.1, 0.15) is 47.5 Å². The molecule has 17 heavy (non-hydrogen) atoms. The first-order valence-corrected chi connectivity index (χ1v) is 6.32. The molecule has 0 aliphatic carbocycles. The molecule has 0 aliphatic rings. The number of rotatable bonds is 6. The minimum atomic E-state index is -0.464. The summed E-state index contributed by atoms with van der Waals surface area (Å²) in [4.78, 5) is 11.5. The van der Waals surface area contributed by atoms with Gasteiger partial charge in [0, 0.05) is 13.2 Å². The van der Waals surface area contributed by atoms with E-state index in [0.717, 1.165) is 6.42 Å². The number of alkyl carbamates (subject to hydrolysis) is 1. The molecule has 0 heterocycles. The van der Waals surface area contributed by atoms with Gasteiger partial charge >= 0.3 is 6.09 Å². The maximum atomic E-state index is 11.5. The lowest BCUT2D eigenvalue weighted by atomic mass is 9.94. The molecule has 4 heteroatoms. The molecule has 2 N–H and O–H groups in total. The summed E-state index contributed by atoms with van der Waals surface area (Å²) < 4.78 is 5.16. The van der Waals surface area contributed by atoms with Crippen LogP contribution in [0.4, 0.5) is 4.79 Å². The fraction of sp³-hybridized carbons (Fsp3) is 0.923. The number of hydrogen-bond acceptors (Lipinski definition) is 3. The van der Waals surface area contributed by atoms with Crippen LogP contribution in [0.2, 0.25) is 0 Å². The Hall–Kier alpha value is -0.770. The van der Waals surface area contributed by atoms with Gasteiger partial charge in [0.15, 0.2) is 0 Å². The van der Waals surface area contributed by atoms with Gasteiger partial charge in [-0.3, -0.25) is 0 Å². The van der Waals surface area contributed by atoms with Crippen LogP contribution in [0.25, 0.3) is 0 Å². The number of carbonyl (C=O) groups excluding carboxylic acids is 1. The highest BCUT2D eigenvalue weighted by Crippen LogP contribution is 2.14. The predicted molar refractivity (Wildman–Crippen MR) is 68.9 cm³/mol. The van der Waals surface area contributed by atoms with Gasteiger partial charge in [0.1, 0.15) is 5.60 Å². The monoisotopic (exact) mass is 245 g/mol. The van der Waals surface area contributed by atoms with Gasteiger partial charge in [0.25, 0.3) is 0 Å². The van der Waals surface area contributed by atoms with E-state index in [2.05, 4.69) is 19.2 Å². The largest absolute Gasteiger partial charge is 0.444 e. The van der Waals surface area contributed by atoms with Gasteiger partial charge in [-0.15, -0.1) is 0 Å². The Labute approximate surface area is 105 Å². The standard InChI is InChI=1S/C13H27NO3/c1-10(2)8-11(6-7-15)9-14-12(16)17-13(3,4)5/h10-11,15H,6-9H2,1-5H3,(H,14,16)/t11-/m1/s1. The molecule has 1 amide bonds. The van der Waals surface area contributed by atoms with E-state index in [1.54, 1.807) is 0 Å². The Morgan fingerprint density at radius 3 is 2.35 bits per heavy atom. The van der Waals surface area contributed by atoms with Gasteiger partial charge in [0.05, 0.1) is 0 Å². The number of ether oxygens (including phenoxy) is 1. The maximum absolute atomic E-state index is 11.5. The number of hydrogen-bond donors (Lipinski definition) is 2. The van der Waals surface area contributed by atoms with Crippen molar-refractivity contribution >= 4 is 6.09 Å². The van der Waals surface area contributed by atoms with Gasteiger partial charge in [-0.25, -0.2) is 4.79 Å². The number of aliphatic hydroxyl groups excluding tert-OH is 1. The Morgan fingerprint density at radius 2 is 1.94 bits per heavy atom. The van der Waals surface area contributed by atoms with E-state index >= 15 is 0 Å². The van der Waals surface area contributed by atoms with E-state index in [9.17, 15) is 4.79 Å². The zero-order valence-corrected chi connectivity index (χ0v) is 11.7. The van der Waals surface area contributed by atoms with Crippen molar-refractivity contribution in [3.63, 3.8) is 0 Å². The second kappa shape index (κ2) is 7.54. The highest BCUT2D eigenvalue weighted by molar-refractivity contribution is 5.67. The van der Waals surface area contributed by atoms with Crippen LogP contribution in [0.3, 0.4) is 0 Å². The van der Waals surface area contributed by atoms with Crippen molar-refractivity contribution in [2.24, 2.45) is 11.8 Å². The molecular weight excluding hydrogens is 218 g/mol. The topological polar surface area (TPSA) is 58.6 Å². The molecular formula is C13H27NO3. The molecule has 4 nitrogen and oxygen atoms in total. The van der Waals surface area contributed by atoms with Crippen LogP contribution in [-0.2, 0) is 4.74 Å². The molecule has 0 aromatic rings. The lowest BCUT2D eigenvalue weighted by Crippen LogP contribution is -2.35. The highest BCUT2D eigenvalue weighted by atomic mass is 16.6. The Balaban J connectivity index is 3.99. The minimum Gasteiger partial charge on any atom is -0.444 e. The van der Waals surface area contributed by atoms with Crippen LogP contribution in [-0.4, -0.2) is 30.0 Å². The van der Waals surface area contributed by atoms with Crippen molar-refractivity contribution in [1.29, 1.82) is 0 Å². The third kappa shape index (κ3) is 10.1. The van der Waals surface area contributed by atoms with Crippen LogP contribution >= 0.6 is 0 Å². The summed E-state index contributed by atoms with van der Waals surface area (Å²) in [5.74, 6) is 0.875. The van der Waals surface area contributed by atoms with Crippen LogP contribution in [0.5, 0.6) is 0 Å². The van der Waals surface area contributed by atoms with E-state index in [1.165, 1.54) is 0 Å². The van der Waals surface area contributed by atoms with Crippen LogP contribution in [0, 0.1) is 11.8 Å². The Kier molecular flexibility index (Phi) is 7.19. The van der Waals surface area contributed by atoms with Crippen LogP contribution < -0.4 is 5.32 Å². The summed E-state index contributed by atoms with van der Waals surface area (Å²) in [7, 11) is 0. The van der Waals surface area contributed by atoms with Gasteiger partial charge in [-0.1, -0.05) is 13.8 Å². The average molecular weight is 245 g/mol. The summed E-state index contributed by atoms with van der Waals surface area (Å²) in [6.45, 7) is 10.5. The number of carbonyl (C=O) groups is 1. The molecule has 0 fully saturated rings. The van der Waals surface area contributed by atoms with E-state index in [4.69, 9.17) is 9.84 Å². The smallest absolute Gasteiger partial charge is 0.407 e. The lowest BCUT2D eigenvalue weighted by molar-refractivity contribution is 0.0513. The summed E-state index contributed by atoms with van der Waals surface area (Å²) in [6.07, 6.45) is 1.33. The van der Waals surface area contributed by atoms with E-state index in [-0.39, 0.29) is 12.7 Å². The lowest BCUT2D eigenvalue weighted by Gasteiger charge is -2.22. The molecule has 0 saturated carbocycles. The summed E-state index contributed by atoms with van der Waals surface area (Å²) >= 11 is 0. The first kappa shape index (κ1) is 16.2. The molecule has 0 radical (unpaired) electrons. The number of aliphatic hydroxyl groups is 1. The molecule has 0 aromatic heterocycles. The predicted octanol–water partition coefficient (Wildman–Crippen LogP) is 2.56. The zero-order chi connectivity index (χ0) is 13.5. The van der Waals surface area contributed by atoms with Crippen molar-refractivity contribution in [2.45, 2.75) is 53.1 Å². The van der Waals surface area contributed by atoms with E-state index in [0.29, 0.717) is 24.8 Å². The SMILES string of the molecule is CC(C)C[C@@H](CCO)CNC(=O)OC(C)(C)C. The molecule has 0 unspecified atom stereocenters. The molecule has 0 saturated heterocycles. The van der Waals surface area contributed by atoms with Crippen LogP contribution in [0.15, 0.2) is 0 Å². The quantitative estimate of drug-likeness (QED) is 0.756. The Bertz CT molecular complexity index is 221. The van der Waals surface area contributed by atoms with Gasteiger partial charge in [0.2, 0.25) is 0 Å². The number of amides is 1. The zero-order valence-electron chi connectivity index (χ0n) is 11.7. The van der Waals surface area contributed by atoms with Crippen molar-refractivity contribution in [1.82, 2.24) is 5.32 Å². The second-order valence-corrected chi connectivity index (χ2v) is 5.89. The Morgan fingerprint density at radius 1 is 1.35 bits per heavy atom.